The topological polar surface area (TPSA) is 66.4 Å². The van der Waals surface area contributed by atoms with Crippen LogP contribution in [0.25, 0.3) is 0 Å². The van der Waals surface area contributed by atoms with Gasteiger partial charge in [0, 0.05) is 18.4 Å². The summed E-state index contributed by atoms with van der Waals surface area (Å²) in [6, 6.07) is 5.99. The minimum atomic E-state index is -1.64. The second-order valence-corrected chi connectivity index (χ2v) is 8.97. The number of hydrogen-bond acceptors (Lipinski definition) is 2. The highest BCUT2D eigenvalue weighted by atomic mass is 19.2. The molecule has 0 saturated carbocycles. The van der Waals surface area contributed by atoms with Crippen molar-refractivity contribution in [3.63, 3.8) is 0 Å². The van der Waals surface area contributed by atoms with E-state index in [1.165, 1.54) is 0 Å². The van der Waals surface area contributed by atoms with E-state index in [1.807, 2.05) is 26.0 Å². The first kappa shape index (κ1) is 22.9. The number of carboxylic acids is 1. The fourth-order valence-corrected chi connectivity index (χ4v) is 4.48. The zero-order chi connectivity index (χ0) is 22.9. The molecule has 2 N–H and O–H groups in total. The lowest BCUT2D eigenvalue weighted by molar-refractivity contribution is -0.144. The Morgan fingerprint density at radius 3 is 2.19 bits per heavy atom. The lowest BCUT2D eigenvalue weighted by Gasteiger charge is -2.27. The number of carbonyl (C=O) groups is 2. The molecule has 0 fully saturated rings. The van der Waals surface area contributed by atoms with Gasteiger partial charge in [-0.05, 0) is 65.6 Å². The molecule has 6 heteroatoms. The number of carboxylic acid groups (broad SMARTS) is 1. The summed E-state index contributed by atoms with van der Waals surface area (Å²) in [5, 5.41) is 12.8. The van der Waals surface area contributed by atoms with Crippen LogP contribution in [-0.2, 0) is 30.5 Å². The van der Waals surface area contributed by atoms with E-state index in [-0.39, 0.29) is 12.8 Å². The van der Waals surface area contributed by atoms with Crippen LogP contribution in [0.15, 0.2) is 24.3 Å². The molecule has 0 bridgehead atoms. The highest BCUT2D eigenvalue weighted by molar-refractivity contribution is 6.01. The summed E-state index contributed by atoms with van der Waals surface area (Å²) in [4.78, 5) is 25.8. The molecule has 31 heavy (non-hydrogen) atoms. The monoisotopic (exact) mass is 429 g/mol. The van der Waals surface area contributed by atoms with Crippen LogP contribution in [0.3, 0.4) is 0 Å². The highest BCUT2D eigenvalue weighted by Gasteiger charge is 2.46. The minimum Gasteiger partial charge on any atom is -0.479 e. The molecule has 0 aliphatic heterocycles. The van der Waals surface area contributed by atoms with Gasteiger partial charge < -0.3 is 10.4 Å². The van der Waals surface area contributed by atoms with Gasteiger partial charge in [-0.15, -0.1) is 0 Å². The Kier molecular flexibility index (Phi) is 6.48. The number of benzene rings is 2. The zero-order valence-corrected chi connectivity index (χ0v) is 18.4. The van der Waals surface area contributed by atoms with Gasteiger partial charge in [0.1, 0.15) is 5.54 Å². The second-order valence-electron chi connectivity index (χ2n) is 8.97. The van der Waals surface area contributed by atoms with E-state index in [9.17, 15) is 23.5 Å². The van der Waals surface area contributed by atoms with Crippen molar-refractivity contribution >= 4 is 11.9 Å². The van der Waals surface area contributed by atoms with Crippen LogP contribution in [0, 0.1) is 24.5 Å². The maximum absolute atomic E-state index is 13.7. The van der Waals surface area contributed by atoms with E-state index in [4.69, 9.17) is 0 Å². The molecule has 166 valence electrons. The van der Waals surface area contributed by atoms with E-state index in [0.29, 0.717) is 35.4 Å². The molecule has 0 heterocycles. The number of rotatable bonds is 7. The largest absolute Gasteiger partial charge is 0.479 e. The van der Waals surface area contributed by atoms with Crippen molar-refractivity contribution in [2.24, 2.45) is 5.92 Å². The zero-order valence-electron chi connectivity index (χ0n) is 18.4. The molecule has 0 saturated heterocycles. The number of aliphatic carboxylic acids is 1. The van der Waals surface area contributed by atoms with E-state index in [1.54, 1.807) is 0 Å². The van der Waals surface area contributed by atoms with Crippen LogP contribution < -0.4 is 5.32 Å². The van der Waals surface area contributed by atoms with Crippen LogP contribution >= 0.6 is 0 Å². The van der Waals surface area contributed by atoms with Crippen molar-refractivity contribution in [1.29, 1.82) is 0 Å². The molecule has 0 spiro atoms. The number of halogens is 2. The molecule has 1 amide bonds. The van der Waals surface area contributed by atoms with Gasteiger partial charge in [-0.3, -0.25) is 4.79 Å². The Bertz CT molecular complexity index is 999. The van der Waals surface area contributed by atoms with Crippen LogP contribution in [0.2, 0.25) is 0 Å². The number of nitrogens with one attached hydrogen (secondary N) is 1. The van der Waals surface area contributed by atoms with Gasteiger partial charge >= 0.3 is 5.97 Å². The average Bonchev–Trinajstić information content (AvgIpc) is 3.02. The van der Waals surface area contributed by atoms with Crippen molar-refractivity contribution < 1.29 is 23.5 Å². The summed E-state index contributed by atoms with van der Waals surface area (Å²) < 4.78 is 27.4. The fourth-order valence-electron chi connectivity index (χ4n) is 4.48. The third-order valence-corrected chi connectivity index (χ3v) is 5.98. The molecule has 1 aliphatic rings. The summed E-state index contributed by atoms with van der Waals surface area (Å²) in [6.07, 6.45) is 2.07. The summed E-state index contributed by atoms with van der Waals surface area (Å²) in [6.45, 7) is 8.12. The molecule has 0 aromatic heterocycles. The smallest absolute Gasteiger partial charge is 0.330 e. The molecule has 2 aromatic carbocycles. The predicted molar refractivity (Wildman–Crippen MR) is 115 cm³/mol. The predicted octanol–water partition coefficient (Wildman–Crippen LogP) is 4.78. The van der Waals surface area contributed by atoms with Crippen LogP contribution in [0.4, 0.5) is 8.78 Å². The molecule has 2 aromatic rings. The molecule has 3 rings (SSSR count). The molecule has 0 radical (unpaired) electrons. The lowest BCUT2D eigenvalue weighted by atomic mass is 9.87. The van der Waals surface area contributed by atoms with E-state index in [0.717, 1.165) is 35.2 Å². The first-order chi connectivity index (χ1) is 14.6. The van der Waals surface area contributed by atoms with Crippen molar-refractivity contribution in [3.05, 3.63) is 69.3 Å². The molecular formula is C25H29F2NO3. The number of carbonyl (C=O) groups excluding carboxylic acids is 1. The van der Waals surface area contributed by atoms with Crippen molar-refractivity contribution in [1.82, 2.24) is 5.32 Å². The summed E-state index contributed by atoms with van der Waals surface area (Å²) in [5.74, 6) is -3.38. The Labute approximate surface area is 181 Å². The summed E-state index contributed by atoms with van der Waals surface area (Å²) >= 11 is 0. The number of aryl methyl sites for hydroxylation is 2. The average molecular weight is 430 g/mol. The number of hydrogen-bond donors (Lipinski definition) is 2. The van der Waals surface area contributed by atoms with Crippen LogP contribution in [0.1, 0.15) is 65.4 Å². The Morgan fingerprint density at radius 2 is 1.71 bits per heavy atom. The molecule has 1 aliphatic carbocycles. The Morgan fingerprint density at radius 1 is 1.13 bits per heavy atom. The number of fused-ring (bicyclic) bond motifs is 1. The Hall–Kier alpha value is -2.76. The van der Waals surface area contributed by atoms with E-state index >= 15 is 0 Å². The molecule has 4 nitrogen and oxygen atoms in total. The van der Waals surface area contributed by atoms with E-state index < -0.39 is 29.0 Å². The first-order valence-electron chi connectivity index (χ1n) is 10.7. The second kappa shape index (κ2) is 8.77. The SMILES string of the molecule is CCCc1ccc(C)c(CC(C)C)c1C(=O)NC1(C(=O)O)Cc2cc(F)c(F)cc2C1. The third kappa shape index (κ3) is 4.48. The fraction of sp³-hybridized carbons (Fsp3) is 0.440. The summed E-state index contributed by atoms with van der Waals surface area (Å²) in [7, 11) is 0. The van der Waals surface area contributed by atoms with Crippen LogP contribution in [0.5, 0.6) is 0 Å². The highest BCUT2D eigenvalue weighted by Crippen LogP contribution is 2.33. The third-order valence-electron chi connectivity index (χ3n) is 5.98. The van der Waals surface area contributed by atoms with E-state index in [2.05, 4.69) is 19.2 Å². The van der Waals surface area contributed by atoms with Gasteiger partial charge in [-0.1, -0.05) is 39.3 Å². The van der Waals surface area contributed by atoms with Crippen molar-refractivity contribution in [2.75, 3.05) is 0 Å². The van der Waals surface area contributed by atoms with Gasteiger partial charge in [-0.2, -0.15) is 0 Å². The van der Waals surface area contributed by atoms with Crippen molar-refractivity contribution in [2.45, 2.75) is 65.3 Å². The van der Waals surface area contributed by atoms with Crippen molar-refractivity contribution in [3.8, 4) is 0 Å². The van der Waals surface area contributed by atoms with Gasteiger partial charge in [0.15, 0.2) is 11.6 Å². The number of amides is 1. The molecule has 0 atom stereocenters. The van der Waals surface area contributed by atoms with Gasteiger partial charge in [0.2, 0.25) is 0 Å². The van der Waals surface area contributed by atoms with Gasteiger partial charge in [0.25, 0.3) is 5.91 Å². The van der Waals surface area contributed by atoms with Gasteiger partial charge in [0.05, 0.1) is 0 Å². The first-order valence-corrected chi connectivity index (χ1v) is 10.7. The van der Waals surface area contributed by atoms with Crippen LogP contribution in [-0.4, -0.2) is 22.5 Å². The Balaban J connectivity index is 2.03. The standard InChI is InChI=1S/C25H29F2NO3/c1-5-6-16-8-7-15(4)19(9-14(2)3)22(16)23(29)28-25(24(30)31)12-17-10-20(26)21(27)11-18(17)13-25/h7-8,10-11,14H,5-6,9,12-13H2,1-4H3,(H,28,29)(H,30,31). The maximum atomic E-state index is 13.7. The normalized spacial score (nSPS) is 14.5. The maximum Gasteiger partial charge on any atom is 0.330 e. The summed E-state index contributed by atoms with van der Waals surface area (Å²) in [5.41, 5.74) is 2.50. The minimum absolute atomic E-state index is 0.0882. The lowest BCUT2D eigenvalue weighted by Crippen LogP contribution is -2.55. The molecular weight excluding hydrogens is 400 g/mol. The molecule has 0 unspecified atom stereocenters. The van der Waals surface area contributed by atoms with Gasteiger partial charge in [-0.25, -0.2) is 13.6 Å². The quantitative estimate of drug-likeness (QED) is 0.666.